The van der Waals surface area contributed by atoms with Crippen molar-refractivity contribution in [3.8, 4) is 0 Å². The van der Waals surface area contributed by atoms with Crippen LogP contribution < -0.4 is 4.90 Å². The molecule has 2 aromatic carbocycles. The van der Waals surface area contributed by atoms with Crippen LogP contribution >= 0.6 is 11.6 Å². The average molecular weight is 440 g/mol. The minimum atomic E-state index is -0.700. The number of benzene rings is 2. The van der Waals surface area contributed by atoms with Gasteiger partial charge in [0.05, 0.1) is 23.1 Å². The largest absolute Gasteiger partial charge is 0.454 e. The number of halogens is 1. The molecule has 0 spiro atoms. The van der Waals surface area contributed by atoms with Crippen molar-refractivity contribution in [2.45, 2.75) is 26.2 Å². The molecule has 31 heavy (non-hydrogen) atoms. The smallest absolute Gasteiger partial charge is 0.338 e. The molecule has 2 amide bonds. The van der Waals surface area contributed by atoms with Gasteiger partial charge in [-0.15, -0.1) is 0 Å². The molecule has 1 heterocycles. The number of hydrogen-bond acceptors (Lipinski definition) is 5. The van der Waals surface area contributed by atoms with Gasteiger partial charge in [0.1, 0.15) is 0 Å². The van der Waals surface area contributed by atoms with Gasteiger partial charge in [-0.2, -0.15) is 0 Å². The highest BCUT2D eigenvalue weighted by atomic mass is 35.5. The number of fused-ring (bicyclic) bond motifs is 1. The predicted molar refractivity (Wildman–Crippen MR) is 115 cm³/mol. The number of carbonyl (C=O) groups excluding carboxylic acids is 4. The van der Waals surface area contributed by atoms with E-state index in [0.717, 1.165) is 6.42 Å². The maximum atomic E-state index is 12.9. The Bertz CT molecular complexity index is 1050. The summed E-state index contributed by atoms with van der Waals surface area (Å²) in [5, 5.41) is 0.505. The van der Waals surface area contributed by atoms with Crippen LogP contribution in [0.5, 0.6) is 0 Å². The molecule has 0 N–H and O–H groups in total. The fourth-order valence-electron chi connectivity index (χ4n) is 4.35. The molecule has 2 aliphatic rings. The minimum absolute atomic E-state index is 0.172. The van der Waals surface area contributed by atoms with Gasteiger partial charge in [0.15, 0.2) is 12.4 Å². The first-order chi connectivity index (χ1) is 14.8. The number of hydrogen-bond donors (Lipinski definition) is 0. The molecule has 1 aliphatic carbocycles. The van der Waals surface area contributed by atoms with Gasteiger partial charge >= 0.3 is 5.97 Å². The standard InChI is InChI=1S/C24H22ClNO5/c1-14-5-10-19-20(11-14)23(29)26(22(19)28)18-4-2-3-16(12-18)24(30)31-13-21(27)15-6-8-17(25)9-7-15/h2-4,6-9,12,14,19-20H,5,10-11,13H2,1H3/t14-,19-,20+/m1/s1. The highest BCUT2D eigenvalue weighted by Crippen LogP contribution is 2.42. The molecule has 1 saturated carbocycles. The Morgan fingerprint density at radius 1 is 1.00 bits per heavy atom. The second-order valence-corrected chi connectivity index (χ2v) is 8.64. The lowest BCUT2D eigenvalue weighted by Crippen LogP contribution is -2.31. The van der Waals surface area contributed by atoms with Crippen molar-refractivity contribution < 1.29 is 23.9 Å². The summed E-state index contributed by atoms with van der Waals surface area (Å²) < 4.78 is 5.14. The Hall–Kier alpha value is -2.99. The molecule has 160 valence electrons. The van der Waals surface area contributed by atoms with E-state index in [1.807, 2.05) is 0 Å². The van der Waals surface area contributed by atoms with Crippen molar-refractivity contribution in [2.75, 3.05) is 11.5 Å². The normalized spacial score (nSPS) is 22.9. The van der Waals surface area contributed by atoms with Crippen LogP contribution in [0.1, 0.15) is 46.9 Å². The second kappa shape index (κ2) is 8.63. The molecule has 4 rings (SSSR count). The van der Waals surface area contributed by atoms with Gasteiger partial charge in [-0.05, 0) is 67.6 Å². The molecule has 1 aliphatic heterocycles. The third kappa shape index (κ3) is 4.26. The van der Waals surface area contributed by atoms with Crippen LogP contribution in [0.25, 0.3) is 0 Å². The number of Topliss-reactive ketones (excluding diaryl/α,β-unsaturated/α-hetero) is 1. The van der Waals surface area contributed by atoms with Crippen LogP contribution in [0.3, 0.4) is 0 Å². The number of imide groups is 1. The quantitative estimate of drug-likeness (QED) is 0.394. The summed E-state index contributed by atoms with van der Waals surface area (Å²) in [6, 6.07) is 12.5. The van der Waals surface area contributed by atoms with Gasteiger partial charge in [-0.3, -0.25) is 19.3 Å². The Morgan fingerprint density at radius 3 is 2.45 bits per heavy atom. The molecule has 0 aromatic heterocycles. The van der Waals surface area contributed by atoms with Crippen LogP contribution in [0.15, 0.2) is 48.5 Å². The number of ketones is 1. The zero-order valence-corrected chi connectivity index (χ0v) is 17.8. The van der Waals surface area contributed by atoms with Crippen molar-refractivity contribution in [1.82, 2.24) is 0 Å². The van der Waals surface area contributed by atoms with Crippen molar-refractivity contribution in [1.29, 1.82) is 0 Å². The van der Waals surface area contributed by atoms with E-state index in [-0.39, 0.29) is 35.0 Å². The molecule has 7 heteroatoms. The minimum Gasteiger partial charge on any atom is -0.454 e. The lowest BCUT2D eigenvalue weighted by atomic mass is 9.76. The zero-order chi connectivity index (χ0) is 22.1. The van der Waals surface area contributed by atoms with Crippen molar-refractivity contribution in [3.63, 3.8) is 0 Å². The summed E-state index contributed by atoms with van der Waals surface area (Å²) >= 11 is 5.81. The summed E-state index contributed by atoms with van der Waals surface area (Å²) in [5.74, 6) is -1.62. The van der Waals surface area contributed by atoms with Gasteiger partial charge in [-0.25, -0.2) is 4.79 Å². The molecule has 2 fully saturated rings. The lowest BCUT2D eigenvalue weighted by molar-refractivity contribution is -0.122. The molecule has 0 bridgehead atoms. The first-order valence-corrected chi connectivity index (χ1v) is 10.7. The Balaban J connectivity index is 1.46. The van der Waals surface area contributed by atoms with E-state index >= 15 is 0 Å². The number of ether oxygens (including phenoxy) is 1. The highest BCUT2D eigenvalue weighted by Gasteiger charge is 2.50. The van der Waals surface area contributed by atoms with Crippen LogP contribution in [-0.4, -0.2) is 30.2 Å². The van der Waals surface area contributed by atoms with Gasteiger partial charge in [-0.1, -0.05) is 24.6 Å². The topological polar surface area (TPSA) is 80.8 Å². The maximum Gasteiger partial charge on any atom is 0.338 e. The summed E-state index contributed by atoms with van der Waals surface area (Å²) in [7, 11) is 0. The van der Waals surface area contributed by atoms with Crippen LogP contribution in [0.4, 0.5) is 5.69 Å². The van der Waals surface area contributed by atoms with Gasteiger partial charge < -0.3 is 4.74 Å². The Kier molecular flexibility index (Phi) is 5.92. The number of rotatable bonds is 5. The first-order valence-electron chi connectivity index (χ1n) is 10.3. The Labute approximate surface area is 185 Å². The molecular weight excluding hydrogens is 418 g/mol. The fraction of sp³-hybridized carbons (Fsp3) is 0.333. The van der Waals surface area contributed by atoms with Gasteiger partial charge in [0, 0.05) is 10.6 Å². The summed E-state index contributed by atoms with van der Waals surface area (Å²) in [5.41, 5.74) is 0.914. The molecular formula is C24H22ClNO5. The molecule has 3 atom stereocenters. The van der Waals surface area contributed by atoms with Crippen LogP contribution in [-0.2, 0) is 14.3 Å². The average Bonchev–Trinajstić information content (AvgIpc) is 3.01. The number of esters is 1. The number of carbonyl (C=O) groups is 4. The zero-order valence-electron chi connectivity index (χ0n) is 17.0. The highest BCUT2D eigenvalue weighted by molar-refractivity contribution is 6.30. The number of anilines is 1. The maximum absolute atomic E-state index is 12.9. The SMILES string of the molecule is C[C@@H]1CC[C@H]2C(=O)N(c3cccc(C(=O)OCC(=O)c4ccc(Cl)cc4)c3)C(=O)[C@H]2C1. The van der Waals surface area contributed by atoms with E-state index in [9.17, 15) is 19.2 Å². The van der Waals surface area contributed by atoms with E-state index in [1.165, 1.54) is 17.0 Å². The Morgan fingerprint density at radius 2 is 1.71 bits per heavy atom. The van der Waals surface area contributed by atoms with Crippen molar-refractivity contribution in [3.05, 3.63) is 64.7 Å². The first kappa shape index (κ1) is 21.2. The van der Waals surface area contributed by atoms with Crippen molar-refractivity contribution in [2.24, 2.45) is 17.8 Å². The third-order valence-electron chi connectivity index (χ3n) is 6.03. The van der Waals surface area contributed by atoms with E-state index in [0.29, 0.717) is 35.0 Å². The van der Waals surface area contributed by atoms with E-state index in [1.54, 1.807) is 36.4 Å². The fourth-order valence-corrected chi connectivity index (χ4v) is 4.48. The van der Waals surface area contributed by atoms with E-state index < -0.39 is 12.6 Å². The van der Waals surface area contributed by atoms with E-state index in [4.69, 9.17) is 16.3 Å². The lowest BCUT2D eigenvalue weighted by Gasteiger charge is -2.25. The number of amides is 2. The molecule has 6 nitrogen and oxygen atoms in total. The van der Waals surface area contributed by atoms with Crippen LogP contribution in [0, 0.1) is 17.8 Å². The third-order valence-corrected chi connectivity index (χ3v) is 6.28. The molecule has 2 aromatic rings. The summed E-state index contributed by atoms with van der Waals surface area (Å²) in [6.07, 6.45) is 2.35. The second-order valence-electron chi connectivity index (χ2n) is 8.20. The van der Waals surface area contributed by atoms with Gasteiger partial charge in [0.2, 0.25) is 11.8 Å². The van der Waals surface area contributed by atoms with E-state index in [2.05, 4.69) is 6.92 Å². The predicted octanol–water partition coefficient (Wildman–Crippen LogP) is 4.31. The summed E-state index contributed by atoms with van der Waals surface area (Å²) in [6.45, 7) is 1.67. The molecule has 0 radical (unpaired) electrons. The number of nitrogens with zero attached hydrogens (tertiary/aromatic N) is 1. The molecule has 0 unspecified atom stereocenters. The summed E-state index contributed by atoms with van der Waals surface area (Å²) in [4.78, 5) is 51.7. The monoisotopic (exact) mass is 439 g/mol. The van der Waals surface area contributed by atoms with Crippen molar-refractivity contribution >= 4 is 40.9 Å². The van der Waals surface area contributed by atoms with Crippen LogP contribution in [0.2, 0.25) is 5.02 Å². The molecule has 1 saturated heterocycles. The van der Waals surface area contributed by atoms with Gasteiger partial charge in [0.25, 0.3) is 0 Å².